The minimum absolute atomic E-state index is 0.0195. The van der Waals surface area contributed by atoms with E-state index in [1.807, 2.05) is 78.9 Å². The lowest BCUT2D eigenvalue weighted by Gasteiger charge is -2.21. The average Bonchev–Trinajstić information content (AvgIpc) is 3.24. The zero-order valence-corrected chi connectivity index (χ0v) is 20.6. The number of fused-ring (bicyclic) bond motifs is 3. The number of alkyl carbamates (subject to hydrolysis) is 1. The zero-order valence-electron chi connectivity index (χ0n) is 20.6. The number of benzene rings is 3. The molecule has 8 nitrogen and oxygen atoms in total. The van der Waals surface area contributed by atoms with E-state index in [1.54, 1.807) is 6.92 Å². The van der Waals surface area contributed by atoms with Crippen LogP contribution in [0.4, 0.5) is 4.79 Å². The first kappa shape index (κ1) is 25.9. The first-order chi connectivity index (χ1) is 18.0. The van der Waals surface area contributed by atoms with Crippen LogP contribution in [-0.4, -0.2) is 48.3 Å². The number of rotatable bonds is 10. The molecule has 3 amide bonds. The van der Waals surface area contributed by atoms with Crippen LogP contribution in [0.25, 0.3) is 11.1 Å². The molecule has 0 aromatic heterocycles. The van der Waals surface area contributed by atoms with Gasteiger partial charge in [-0.05, 0) is 41.2 Å². The number of hydrogen-bond donors (Lipinski definition) is 4. The molecule has 4 N–H and O–H groups in total. The molecule has 3 aromatic carbocycles. The number of aliphatic hydroxyl groups excluding tert-OH is 1. The third-order valence-electron chi connectivity index (χ3n) is 6.43. The van der Waals surface area contributed by atoms with Gasteiger partial charge in [-0.25, -0.2) is 4.79 Å². The number of amides is 3. The van der Waals surface area contributed by atoms with E-state index in [0.717, 1.165) is 27.8 Å². The number of ether oxygens (including phenoxy) is 1. The molecule has 0 spiro atoms. The Kier molecular flexibility index (Phi) is 8.53. The van der Waals surface area contributed by atoms with Crippen molar-refractivity contribution in [3.63, 3.8) is 0 Å². The highest BCUT2D eigenvalue weighted by atomic mass is 16.5. The third-order valence-corrected chi connectivity index (χ3v) is 6.43. The van der Waals surface area contributed by atoms with Gasteiger partial charge in [-0.15, -0.1) is 0 Å². The Morgan fingerprint density at radius 1 is 0.838 bits per heavy atom. The van der Waals surface area contributed by atoms with Gasteiger partial charge in [-0.2, -0.15) is 0 Å². The largest absolute Gasteiger partial charge is 0.449 e. The molecule has 192 valence electrons. The summed E-state index contributed by atoms with van der Waals surface area (Å²) in [7, 11) is 0. The van der Waals surface area contributed by atoms with Crippen molar-refractivity contribution in [1.29, 1.82) is 0 Å². The van der Waals surface area contributed by atoms with Gasteiger partial charge in [0.05, 0.1) is 0 Å². The fourth-order valence-electron chi connectivity index (χ4n) is 4.50. The minimum Gasteiger partial charge on any atom is -0.449 e. The first-order valence-electron chi connectivity index (χ1n) is 12.3. The van der Waals surface area contributed by atoms with Gasteiger partial charge in [0.1, 0.15) is 18.7 Å². The smallest absolute Gasteiger partial charge is 0.407 e. The predicted octanol–water partition coefficient (Wildman–Crippen LogP) is 3.10. The molecule has 2 atom stereocenters. The number of hydrogen-bond acceptors (Lipinski definition) is 5. The molecule has 8 heteroatoms. The van der Waals surface area contributed by atoms with Crippen LogP contribution in [0, 0.1) is 0 Å². The summed E-state index contributed by atoms with van der Waals surface area (Å²) < 4.78 is 5.52. The maximum Gasteiger partial charge on any atom is 0.407 e. The predicted molar refractivity (Wildman–Crippen MR) is 140 cm³/mol. The SMILES string of the molecule is CC(NC(=O)C(CCO)NC(=O)OCC1c2ccccc2-c2ccccc21)C(=O)NCc1ccccc1. The lowest BCUT2D eigenvalue weighted by Crippen LogP contribution is -2.53. The van der Waals surface area contributed by atoms with Gasteiger partial charge in [0.15, 0.2) is 0 Å². The first-order valence-corrected chi connectivity index (χ1v) is 12.3. The van der Waals surface area contributed by atoms with Crippen molar-refractivity contribution in [2.75, 3.05) is 13.2 Å². The zero-order chi connectivity index (χ0) is 26.2. The second-order valence-electron chi connectivity index (χ2n) is 8.97. The van der Waals surface area contributed by atoms with Gasteiger partial charge in [0.2, 0.25) is 11.8 Å². The maximum absolute atomic E-state index is 12.8. The maximum atomic E-state index is 12.8. The molecular weight excluding hydrogens is 470 g/mol. The molecule has 0 aliphatic heterocycles. The molecule has 0 radical (unpaired) electrons. The van der Waals surface area contributed by atoms with Crippen LogP contribution in [-0.2, 0) is 20.9 Å². The van der Waals surface area contributed by atoms with Gasteiger partial charge in [0.25, 0.3) is 0 Å². The number of carbonyl (C=O) groups is 3. The van der Waals surface area contributed by atoms with Crippen LogP contribution in [0.15, 0.2) is 78.9 Å². The second-order valence-corrected chi connectivity index (χ2v) is 8.97. The van der Waals surface area contributed by atoms with Gasteiger partial charge in [0, 0.05) is 19.1 Å². The van der Waals surface area contributed by atoms with E-state index in [9.17, 15) is 19.5 Å². The van der Waals surface area contributed by atoms with Crippen LogP contribution in [0.1, 0.15) is 36.0 Å². The molecule has 0 saturated heterocycles. The van der Waals surface area contributed by atoms with Gasteiger partial charge in [-0.3, -0.25) is 9.59 Å². The standard InChI is InChI=1S/C29H31N3O5/c1-19(27(34)30-17-20-9-3-2-4-10-20)31-28(35)26(15-16-33)32-29(36)37-18-25-23-13-7-5-11-21(23)22-12-6-8-14-24(22)25/h2-14,19,25-26,33H,15-18H2,1H3,(H,30,34)(H,31,35)(H,32,36). The number of aliphatic hydroxyl groups is 1. The molecule has 3 aromatic rings. The number of carbonyl (C=O) groups excluding carboxylic acids is 3. The van der Waals surface area contributed by atoms with Gasteiger partial charge < -0.3 is 25.8 Å². The Balaban J connectivity index is 1.31. The summed E-state index contributed by atoms with van der Waals surface area (Å²) in [5.74, 6) is -1.05. The summed E-state index contributed by atoms with van der Waals surface area (Å²) >= 11 is 0. The third kappa shape index (κ3) is 6.34. The van der Waals surface area contributed by atoms with Crippen LogP contribution >= 0.6 is 0 Å². The monoisotopic (exact) mass is 501 g/mol. The highest BCUT2D eigenvalue weighted by Gasteiger charge is 2.30. The van der Waals surface area contributed by atoms with Crippen LogP contribution in [0.2, 0.25) is 0 Å². The Morgan fingerprint density at radius 3 is 2.05 bits per heavy atom. The van der Waals surface area contributed by atoms with E-state index < -0.39 is 24.1 Å². The quantitative estimate of drug-likeness (QED) is 0.341. The van der Waals surface area contributed by atoms with Crippen molar-refractivity contribution in [3.05, 3.63) is 95.6 Å². The normalized spacial score (nSPS) is 13.6. The Labute approximate surface area is 216 Å². The highest BCUT2D eigenvalue weighted by Crippen LogP contribution is 2.44. The fraction of sp³-hybridized carbons (Fsp3) is 0.276. The highest BCUT2D eigenvalue weighted by molar-refractivity contribution is 5.91. The van der Waals surface area contributed by atoms with Crippen LogP contribution in [0.3, 0.4) is 0 Å². The summed E-state index contributed by atoms with van der Waals surface area (Å²) in [5, 5.41) is 17.3. The van der Waals surface area contributed by atoms with Gasteiger partial charge in [-0.1, -0.05) is 78.9 Å². The lowest BCUT2D eigenvalue weighted by atomic mass is 9.98. The molecule has 1 aliphatic rings. The van der Waals surface area contributed by atoms with Crippen molar-refractivity contribution >= 4 is 17.9 Å². The lowest BCUT2D eigenvalue weighted by molar-refractivity contribution is -0.129. The van der Waals surface area contributed by atoms with Crippen molar-refractivity contribution in [1.82, 2.24) is 16.0 Å². The summed E-state index contributed by atoms with van der Waals surface area (Å²) in [4.78, 5) is 37.8. The Hall–Kier alpha value is -4.17. The van der Waals surface area contributed by atoms with E-state index in [2.05, 4.69) is 16.0 Å². The van der Waals surface area contributed by atoms with E-state index in [-0.39, 0.29) is 31.5 Å². The Morgan fingerprint density at radius 2 is 1.43 bits per heavy atom. The summed E-state index contributed by atoms with van der Waals surface area (Å²) in [5.41, 5.74) is 5.32. The van der Waals surface area contributed by atoms with E-state index in [4.69, 9.17) is 4.74 Å². The van der Waals surface area contributed by atoms with Crippen molar-refractivity contribution < 1.29 is 24.2 Å². The molecule has 37 heavy (non-hydrogen) atoms. The van der Waals surface area contributed by atoms with Crippen molar-refractivity contribution in [2.45, 2.75) is 37.9 Å². The van der Waals surface area contributed by atoms with Crippen molar-refractivity contribution in [3.8, 4) is 11.1 Å². The van der Waals surface area contributed by atoms with Crippen molar-refractivity contribution in [2.24, 2.45) is 0 Å². The van der Waals surface area contributed by atoms with Crippen LogP contribution < -0.4 is 16.0 Å². The topological polar surface area (TPSA) is 117 Å². The minimum atomic E-state index is -1.05. The van der Waals surface area contributed by atoms with E-state index in [1.165, 1.54) is 0 Å². The number of nitrogens with one attached hydrogen (secondary N) is 3. The van der Waals surface area contributed by atoms with E-state index in [0.29, 0.717) is 6.54 Å². The summed E-state index contributed by atoms with van der Waals surface area (Å²) in [6.07, 6.45) is -0.786. The molecule has 0 heterocycles. The fourth-order valence-corrected chi connectivity index (χ4v) is 4.50. The van der Waals surface area contributed by atoms with Crippen LogP contribution in [0.5, 0.6) is 0 Å². The molecule has 2 unspecified atom stereocenters. The molecule has 4 rings (SSSR count). The molecule has 1 aliphatic carbocycles. The average molecular weight is 502 g/mol. The summed E-state index contributed by atoms with van der Waals surface area (Å²) in [6.45, 7) is 1.67. The molecule has 0 bridgehead atoms. The molecule has 0 fully saturated rings. The molecular formula is C29H31N3O5. The Bertz CT molecular complexity index is 1200. The second kappa shape index (κ2) is 12.2. The van der Waals surface area contributed by atoms with E-state index >= 15 is 0 Å². The van der Waals surface area contributed by atoms with Gasteiger partial charge >= 0.3 is 6.09 Å². The molecule has 0 saturated carbocycles. The summed E-state index contributed by atoms with van der Waals surface area (Å²) in [6, 6.07) is 23.5.